The van der Waals surface area contributed by atoms with Crippen molar-refractivity contribution in [3.63, 3.8) is 0 Å². The van der Waals surface area contributed by atoms with Crippen LogP contribution in [0.3, 0.4) is 0 Å². The van der Waals surface area contributed by atoms with Crippen LogP contribution in [0, 0.1) is 12.3 Å². The van der Waals surface area contributed by atoms with Crippen molar-refractivity contribution in [2.45, 2.75) is 38.6 Å². The van der Waals surface area contributed by atoms with Crippen molar-refractivity contribution < 1.29 is 14.1 Å². The molecule has 2 aliphatic rings. The molecule has 144 valence electrons. The molecule has 7 heteroatoms. The number of rotatable bonds is 4. The molecule has 0 saturated carbocycles. The van der Waals surface area contributed by atoms with Gasteiger partial charge < -0.3 is 19.9 Å². The van der Waals surface area contributed by atoms with E-state index in [1.165, 1.54) is 5.56 Å². The van der Waals surface area contributed by atoms with Crippen molar-refractivity contribution in [2.75, 3.05) is 26.3 Å². The summed E-state index contributed by atoms with van der Waals surface area (Å²) in [5.41, 5.74) is 8.48. The second kappa shape index (κ2) is 7.40. The Bertz CT molecular complexity index is 796. The molecule has 0 radical (unpaired) electrons. The minimum absolute atomic E-state index is 0.0248. The van der Waals surface area contributed by atoms with Gasteiger partial charge in [-0.2, -0.15) is 4.98 Å². The third-order valence-corrected chi connectivity index (χ3v) is 5.88. The summed E-state index contributed by atoms with van der Waals surface area (Å²) >= 11 is 0. The zero-order valence-corrected chi connectivity index (χ0v) is 15.7. The summed E-state index contributed by atoms with van der Waals surface area (Å²) in [5.74, 6) is 1.15. The molecule has 4 rings (SSSR count). The van der Waals surface area contributed by atoms with Crippen molar-refractivity contribution in [1.29, 1.82) is 0 Å². The molecule has 2 N–H and O–H groups in total. The molecular formula is C20H26N4O3. The van der Waals surface area contributed by atoms with Crippen LogP contribution in [0.1, 0.15) is 30.7 Å². The van der Waals surface area contributed by atoms with Crippen LogP contribution in [0.2, 0.25) is 0 Å². The van der Waals surface area contributed by atoms with Gasteiger partial charge in [-0.05, 0) is 19.8 Å². The van der Waals surface area contributed by atoms with E-state index in [0.717, 1.165) is 38.2 Å². The summed E-state index contributed by atoms with van der Waals surface area (Å²) in [6, 6.07) is 7.99. The van der Waals surface area contributed by atoms with Gasteiger partial charge in [-0.3, -0.25) is 4.79 Å². The van der Waals surface area contributed by atoms with Gasteiger partial charge in [0.05, 0.1) is 0 Å². The standard InChI is InChI=1S/C20H26N4O3/c1-14-2-4-15(5-3-14)19-22-17(27-23-19)6-7-18(25)24-12-16(21)20(13-24)8-10-26-11-9-20/h2-5,16H,6-13,21H2,1H3. The van der Waals surface area contributed by atoms with Crippen LogP contribution in [0.15, 0.2) is 28.8 Å². The highest BCUT2D eigenvalue weighted by molar-refractivity contribution is 5.77. The first-order valence-corrected chi connectivity index (χ1v) is 9.56. The van der Waals surface area contributed by atoms with E-state index in [0.29, 0.717) is 31.1 Å². The van der Waals surface area contributed by atoms with Gasteiger partial charge in [0.1, 0.15) is 0 Å². The first-order chi connectivity index (χ1) is 13.1. The number of ether oxygens (including phenoxy) is 1. The van der Waals surface area contributed by atoms with Crippen molar-refractivity contribution in [3.05, 3.63) is 35.7 Å². The Hall–Kier alpha value is -2.25. The quantitative estimate of drug-likeness (QED) is 0.884. The van der Waals surface area contributed by atoms with E-state index < -0.39 is 0 Å². The Morgan fingerprint density at radius 2 is 2.04 bits per heavy atom. The summed E-state index contributed by atoms with van der Waals surface area (Å²) in [4.78, 5) is 19.0. The van der Waals surface area contributed by atoms with Crippen molar-refractivity contribution >= 4 is 5.91 Å². The Morgan fingerprint density at radius 3 is 2.78 bits per heavy atom. The van der Waals surface area contributed by atoms with E-state index in [1.807, 2.05) is 36.1 Å². The van der Waals surface area contributed by atoms with E-state index >= 15 is 0 Å². The monoisotopic (exact) mass is 370 g/mol. The number of hydrogen-bond acceptors (Lipinski definition) is 6. The minimum atomic E-state index is 0.0248. The van der Waals surface area contributed by atoms with Gasteiger partial charge in [0.15, 0.2) is 0 Å². The molecule has 2 fully saturated rings. The Morgan fingerprint density at radius 1 is 1.30 bits per heavy atom. The van der Waals surface area contributed by atoms with Gasteiger partial charge in [0.2, 0.25) is 17.6 Å². The lowest BCUT2D eigenvalue weighted by Crippen LogP contribution is -2.44. The van der Waals surface area contributed by atoms with Crippen molar-refractivity contribution in [1.82, 2.24) is 15.0 Å². The SMILES string of the molecule is Cc1ccc(-c2noc(CCC(=O)N3CC(N)C4(CCOCC4)C3)n2)cc1. The molecule has 1 amide bonds. The molecule has 1 spiro atoms. The summed E-state index contributed by atoms with van der Waals surface area (Å²) in [7, 11) is 0. The van der Waals surface area contributed by atoms with E-state index in [1.54, 1.807) is 0 Å². The number of nitrogens with two attached hydrogens (primary N) is 1. The Kier molecular flexibility index (Phi) is 4.97. The van der Waals surface area contributed by atoms with Crippen molar-refractivity contribution in [3.8, 4) is 11.4 Å². The summed E-state index contributed by atoms with van der Waals surface area (Å²) in [6.07, 6.45) is 2.66. The molecule has 0 aliphatic carbocycles. The van der Waals surface area contributed by atoms with Crippen molar-refractivity contribution in [2.24, 2.45) is 11.1 Å². The van der Waals surface area contributed by atoms with Crippen LogP contribution >= 0.6 is 0 Å². The van der Waals surface area contributed by atoms with E-state index in [9.17, 15) is 4.79 Å². The predicted molar refractivity (Wildman–Crippen MR) is 99.8 cm³/mol. The maximum absolute atomic E-state index is 12.7. The van der Waals surface area contributed by atoms with Crippen LogP contribution in [-0.4, -0.2) is 53.3 Å². The molecule has 2 aromatic rings. The highest BCUT2D eigenvalue weighted by Crippen LogP contribution is 2.39. The van der Waals surface area contributed by atoms with Gasteiger partial charge in [0.25, 0.3) is 0 Å². The molecule has 7 nitrogen and oxygen atoms in total. The minimum Gasteiger partial charge on any atom is -0.381 e. The highest BCUT2D eigenvalue weighted by Gasteiger charge is 2.46. The lowest BCUT2D eigenvalue weighted by atomic mass is 9.76. The normalized spacial score (nSPS) is 21.7. The second-order valence-corrected chi connectivity index (χ2v) is 7.73. The first-order valence-electron chi connectivity index (χ1n) is 9.56. The summed E-state index contributed by atoms with van der Waals surface area (Å²) < 4.78 is 10.8. The number of aromatic nitrogens is 2. The average molecular weight is 370 g/mol. The number of carbonyl (C=O) groups is 1. The summed E-state index contributed by atoms with van der Waals surface area (Å²) in [5, 5.41) is 4.03. The summed E-state index contributed by atoms with van der Waals surface area (Å²) in [6.45, 7) is 4.86. The fraction of sp³-hybridized carbons (Fsp3) is 0.550. The number of carbonyl (C=O) groups excluding carboxylic acids is 1. The first kappa shape index (κ1) is 18.1. The molecule has 1 unspecified atom stereocenters. The maximum Gasteiger partial charge on any atom is 0.227 e. The van der Waals surface area contributed by atoms with E-state index in [4.69, 9.17) is 15.0 Å². The van der Waals surface area contributed by atoms with Gasteiger partial charge in [-0.15, -0.1) is 0 Å². The molecule has 1 aromatic carbocycles. The van der Waals surface area contributed by atoms with Crippen LogP contribution in [0.4, 0.5) is 0 Å². The van der Waals surface area contributed by atoms with E-state index in [2.05, 4.69) is 10.1 Å². The zero-order valence-electron chi connectivity index (χ0n) is 15.7. The van der Waals surface area contributed by atoms with Gasteiger partial charge in [-0.25, -0.2) is 0 Å². The number of likely N-dealkylation sites (tertiary alicyclic amines) is 1. The highest BCUT2D eigenvalue weighted by atomic mass is 16.5. The zero-order chi connectivity index (χ0) is 18.9. The molecule has 1 aromatic heterocycles. The third kappa shape index (κ3) is 3.75. The Labute approximate surface area is 158 Å². The Balaban J connectivity index is 1.34. The van der Waals surface area contributed by atoms with Gasteiger partial charge >= 0.3 is 0 Å². The fourth-order valence-corrected chi connectivity index (χ4v) is 4.04. The topological polar surface area (TPSA) is 94.5 Å². The average Bonchev–Trinajstić information content (AvgIpc) is 3.27. The molecule has 0 bridgehead atoms. The lowest BCUT2D eigenvalue weighted by molar-refractivity contribution is -0.131. The lowest BCUT2D eigenvalue weighted by Gasteiger charge is -2.36. The molecular weight excluding hydrogens is 344 g/mol. The van der Waals surface area contributed by atoms with Gasteiger partial charge in [-0.1, -0.05) is 35.0 Å². The smallest absolute Gasteiger partial charge is 0.227 e. The fourth-order valence-electron chi connectivity index (χ4n) is 4.04. The number of aryl methyl sites for hydroxylation is 2. The van der Waals surface area contributed by atoms with Crippen LogP contribution in [0.25, 0.3) is 11.4 Å². The molecule has 3 heterocycles. The van der Waals surface area contributed by atoms with Gasteiger partial charge in [0, 0.05) is 56.2 Å². The number of benzene rings is 1. The predicted octanol–water partition coefficient (Wildman–Crippen LogP) is 1.94. The molecule has 27 heavy (non-hydrogen) atoms. The largest absolute Gasteiger partial charge is 0.381 e. The van der Waals surface area contributed by atoms with Crippen LogP contribution in [-0.2, 0) is 16.0 Å². The molecule has 1 atom stereocenters. The number of hydrogen-bond donors (Lipinski definition) is 1. The second-order valence-electron chi connectivity index (χ2n) is 7.73. The molecule has 2 saturated heterocycles. The third-order valence-electron chi connectivity index (χ3n) is 5.88. The maximum atomic E-state index is 12.7. The number of nitrogens with zero attached hydrogens (tertiary/aromatic N) is 3. The molecule has 2 aliphatic heterocycles. The van der Waals surface area contributed by atoms with E-state index in [-0.39, 0.29) is 17.4 Å². The number of amides is 1. The van der Waals surface area contributed by atoms with Crippen LogP contribution < -0.4 is 5.73 Å². The van der Waals surface area contributed by atoms with Crippen LogP contribution in [0.5, 0.6) is 0 Å².